The summed E-state index contributed by atoms with van der Waals surface area (Å²) in [5, 5.41) is 0.506. The van der Waals surface area contributed by atoms with E-state index in [0.717, 1.165) is 16.6 Å². The number of nitrogens with one attached hydrogen (secondary N) is 1. The van der Waals surface area contributed by atoms with Crippen LogP contribution in [0.3, 0.4) is 0 Å². The van der Waals surface area contributed by atoms with E-state index in [4.69, 9.17) is 0 Å². The van der Waals surface area contributed by atoms with E-state index in [-0.39, 0.29) is 21.5 Å². The second-order valence-electron chi connectivity index (χ2n) is 8.41. The highest BCUT2D eigenvalue weighted by Crippen LogP contribution is 2.19. The van der Waals surface area contributed by atoms with E-state index in [2.05, 4.69) is 43.1 Å². The normalized spacial score (nSPS) is 11.7. The molecule has 0 saturated heterocycles. The number of benzene rings is 3. The van der Waals surface area contributed by atoms with E-state index in [0.29, 0.717) is 11.6 Å². The summed E-state index contributed by atoms with van der Waals surface area (Å²) in [4.78, 5) is 51.9. The molecule has 1 N–H and O–H groups in total. The van der Waals surface area contributed by atoms with Gasteiger partial charge in [-0.15, -0.1) is 0 Å². The summed E-state index contributed by atoms with van der Waals surface area (Å²) < 4.78 is 1.09. The van der Waals surface area contributed by atoms with Crippen molar-refractivity contribution in [2.45, 2.75) is 26.2 Å². The van der Waals surface area contributed by atoms with E-state index in [9.17, 15) is 19.2 Å². The second-order valence-corrected chi connectivity index (χ2v) is 8.41. The van der Waals surface area contributed by atoms with Gasteiger partial charge in [0.05, 0.1) is 27.2 Å². The van der Waals surface area contributed by atoms with Crippen molar-refractivity contribution in [2.75, 3.05) is 0 Å². The topological polar surface area (TPSA) is 89.0 Å². The Morgan fingerprint density at radius 2 is 1.16 bits per heavy atom. The number of aromatic nitrogens is 2. The Morgan fingerprint density at radius 3 is 1.62 bits per heavy atom. The summed E-state index contributed by atoms with van der Waals surface area (Å²) in [6, 6.07) is 18.4. The monoisotopic (exact) mass is 424 g/mol. The zero-order valence-electron chi connectivity index (χ0n) is 17.6. The second kappa shape index (κ2) is 7.27. The number of nitrogens with zero attached hydrogens (tertiary/aromatic N) is 1. The Hall–Kier alpha value is -4.06. The van der Waals surface area contributed by atoms with Crippen LogP contribution in [0.15, 0.2) is 79.8 Å². The van der Waals surface area contributed by atoms with Gasteiger partial charge in [-0.25, -0.2) is 4.57 Å². The molecule has 0 atom stereocenters. The molecule has 6 nitrogen and oxygen atoms in total. The maximum Gasteiger partial charge on any atom is 0.266 e. The van der Waals surface area contributed by atoms with Crippen LogP contribution in [0.25, 0.3) is 27.2 Å². The van der Waals surface area contributed by atoms with Crippen molar-refractivity contribution >= 4 is 21.5 Å². The molecule has 2 aromatic heterocycles. The number of fused-ring (bicyclic) bond motifs is 2. The summed E-state index contributed by atoms with van der Waals surface area (Å²) in [6.07, 6.45) is 0.741. The number of H-pyrrole nitrogens is 1. The Bertz CT molecular complexity index is 1600. The SMILES string of the molecule is CC(C)c1ccc(Cc2ccc(-n3c(=O)c4cc5c(=O)[nH]c(=O)c5cc4c3=O)cc2)cc1. The molecule has 0 fully saturated rings. The predicted molar refractivity (Wildman–Crippen MR) is 126 cm³/mol. The van der Waals surface area contributed by atoms with Crippen LogP contribution in [0, 0.1) is 0 Å². The third kappa shape index (κ3) is 3.12. The van der Waals surface area contributed by atoms with E-state index < -0.39 is 22.2 Å². The molecule has 0 bridgehead atoms. The molecule has 5 rings (SSSR count). The molecular formula is C26H20N2O4. The number of hydrogen-bond acceptors (Lipinski definition) is 4. The largest absolute Gasteiger partial charge is 0.288 e. The molecule has 0 aliphatic heterocycles. The Balaban J connectivity index is 1.53. The zero-order valence-corrected chi connectivity index (χ0v) is 17.6. The quantitative estimate of drug-likeness (QED) is 0.480. The highest BCUT2D eigenvalue weighted by atomic mass is 16.2. The van der Waals surface area contributed by atoms with Crippen molar-refractivity contribution < 1.29 is 0 Å². The molecule has 0 amide bonds. The van der Waals surface area contributed by atoms with Crippen LogP contribution >= 0.6 is 0 Å². The van der Waals surface area contributed by atoms with Gasteiger partial charge in [-0.2, -0.15) is 0 Å². The molecule has 158 valence electrons. The lowest BCUT2D eigenvalue weighted by molar-refractivity contribution is 0.865. The van der Waals surface area contributed by atoms with Crippen molar-refractivity contribution in [3.8, 4) is 5.69 Å². The van der Waals surface area contributed by atoms with Crippen molar-refractivity contribution in [1.82, 2.24) is 9.55 Å². The van der Waals surface area contributed by atoms with Gasteiger partial charge in [-0.05, 0) is 53.3 Å². The van der Waals surface area contributed by atoms with Gasteiger partial charge < -0.3 is 0 Å². The Morgan fingerprint density at radius 1 is 0.688 bits per heavy atom. The fourth-order valence-corrected chi connectivity index (χ4v) is 4.15. The van der Waals surface area contributed by atoms with Crippen molar-refractivity contribution in [3.63, 3.8) is 0 Å². The van der Waals surface area contributed by atoms with Crippen LogP contribution in [-0.4, -0.2) is 9.55 Å². The van der Waals surface area contributed by atoms with Crippen molar-refractivity contribution in [3.05, 3.63) is 119 Å². The molecule has 0 spiro atoms. The molecule has 0 unspecified atom stereocenters. The van der Waals surface area contributed by atoms with Gasteiger partial charge in [0.15, 0.2) is 0 Å². The molecule has 2 heterocycles. The third-order valence-corrected chi connectivity index (χ3v) is 5.99. The first kappa shape index (κ1) is 19.9. The fraction of sp³-hybridized carbons (Fsp3) is 0.154. The first-order valence-corrected chi connectivity index (χ1v) is 10.4. The van der Waals surface area contributed by atoms with E-state index >= 15 is 0 Å². The first-order chi connectivity index (χ1) is 15.3. The van der Waals surface area contributed by atoms with Crippen LogP contribution < -0.4 is 22.2 Å². The average Bonchev–Trinajstić information content (AvgIpc) is 3.20. The number of hydrogen-bond donors (Lipinski definition) is 1. The molecule has 5 aromatic rings. The van der Waals surface area contributed by atoms with Gasteiger partial charge in [0.25, 0.3) is 22.2 Å². The van der Waals surface area contributed by atoms with Crippen LogP contribution in [0.2, 0.25) is 0 Å². The van der Waals surface area contributed by atoms with Gasteiger partial charge in [0.1, 0.15) is 0 Å². The Kier molecular flexibility index (Phi) is 4.51. The van der Waals surface area contributed by atoms with E-state index in [1.54, 1.807) is 12.1 Å². The zero-order chi connectivity index (χ0) is 22.6. The van der Waals surface area contributed by atoms with Crippen LogP contribution in [0.5, 0.6) is 0 Å². The minimum Gasteiger partial charge on any atom is -0.288 e. The minimum absolute atomic E-state index is 0.121. The van der Waals surface area contributed by atoms with Gasteiger partial charge in [0, 0.05) is 0 Å². The lowest BCUT2D eigenvalue weighted by Crippen LogP contribution is -2.23. The van der Waals surface area contributed by atoms with Crippen LogP contribution in [0.1, 0.15) is 36.5 Å². The standard InChI is InChI=1S/C26H20N2O4/c1-14(2)17-7-3-15(4-8-17)11-16-5-9-18(10-6-16)28-25(31)21-12-19-20(13-22(21)26(28)32)24(30)27-23(19)29/h3-10,12-14H,11H2,1-2H3,(H,27,29,30). The maximum absolute atomic E-state index is 12.9. The smallest absolute Gasteiger partial charge is 0.266 e. The first-order valence-electron chi connectivity index (χ1n) is 10.4. The van der Waals surface area contributed by atoms with E-state index in [1.807, 2.05) is 12.1 Å². The predicted octanol–water partition coefficient (Wildman–Crippen LogP) is 3.14. The minimum atomic E-state index is -0.558. The van der Waals surface area contributed by atoms with Crippen LogP contribution in [-0.2, 0) is 6.42 Å². The lowest BCUT2D eigenvalue weighted by Gasteiger charge is -2.08. The summed E-state index contributed by atoms with van der Waals surface area (Å²) >= 11 is 0. The molecule has 3 aromatic carbocycles. The molecular weight excluding hydrogens is 404 g/mol. The van der Waals surface area contributed by atoms with Crippen molar-refractivity contribution in [1.29, 1.82) is 0 Å². The summed E-state index contributed by atoms with van der Waals surface area (Å²) in [5.41, 5.74) is 1.86. The molecule has 6 heteroatoms. The number of aromatic amines is 1. The molecule has 0 saturated carbocycles. The number of rotatable bonds is 4. The van der Waals surface area contributed by atoms with Gasteiger partial charge in [0.2, 0.25) is 0 Å². The summed E-state index contributed by atoms with van der Waals surface area (Å²) in [7, 11) is 0. The fourth-order valence-electron chi connectivity index (χ4n) is 4.15. The van der Waals surface area contributed by atoms with Gasteiger partial charge >= 0.3 is 0 Å². The highest BCUT2D eigenvalue weighted by Gasteiger charge is 2.18. The summed E-state index contributed by atoms with van der Waals surface area (Å²) in [5.74, 6) is 0.483. The third-order valence-electron chi connectivity index (χ3n) is 5.99. The molecule has 0 aliphatic rings. The Labute approximate surface area is 182 Å². The maximum atomic E-state index is 12.9. The highest BCUT2D eigenvalue weighted by molar-refractivity contribution is 5.97. The molecule has 32 heavy (non-hydrogen) atoms. The van der Waals surface area contributed by atoms with Gasteiger partial charge in [-0.3, -0.25) is 24.2 Å². The van der Waals surface area contributed by atoms with Crippen molar-refractivity contribution in [2.24, 2.45) is 0 Å². The lowest BCUT2D eigenvalue weighted by atomic mass is 9.99. The molecule has 0 radical (unpaired) electrons. The summed E-state index contributed by atoms with van der Waals surface area (Å²) in [6.45, 7) is 4.32. The average molecular weight is 424 g/mol. The van der Waals surface area contributed by atoms with E-state index in [1.165, 1.54) is 23.3 Å². The van der Waals surface area contributed by atoms with Crippen LogP contribution in [0.4, 0.5) is 0 Å². The molecule has 0 aliphatic carbocycles. The van der Waals surface area contributed by atoms with Gasteiger partial charge in [-0.1, -0.05) is 50.2 Å².